The number of carbonyl (C=O) groups is 1. The van der Waals surface area contributed by atoms with Crippen LogP contribution in [0.15, 0.2) is 0 Å². The number of amides is 1. The Morgan fingerprint density at radius 1 is 1.20 bits per heavy atom. The van der Waals surface area contributed by atoms with E-state index in [1.807, 2.05) is 4.90 Å². The highest BCUT2D eigenvalue weighted by molar-refractivity contribution is 5.77. The largest absolute Gasteiger partial charge is 0.343 e. The van der Waals surface area contributed by atoms with Crippen LogP contribution >= 0.6 is 0 Å². The van der Waals surface area contributed by atoms with Crippen LogP contribution in [0.2, 0.25) is 0 Å². The van der Waals surface area contributed by atoms with E-state index in [0.29, 0.717) is 24.9 Å². The van der Waals surface area contributed by atoms with Gasteiger partial charge in [0.1, 0.15) is 0 Å². The molecule has 1 amide bonds. The molecule has 0 aromatic heterocycles. The quantitative estimate of drug-likeness (QED) is 0.810. The molecule has 0 aromatic carbocycles. The van der Waals surface area contributed by atoms with E-state index in [2.05, 4.69) is 11.8 Å². The zero-order valence-corrected chi connectivity index (χ0v) is 13.0. The maximum atomic E-state index is 12.4. The van der Waals surface area contributed by atoms with E-state index >= 15 is 0 Å². The Labute approximate surface area is 123 Å². The van der Waals surface area contributed by atoms with Gasteiger partial charge in [-0.1, -0.05) is 26.2 Å². The number of carbonyl (C=O) groups excluding carboxylic acids is 1. The van der Waals surface area contributed by atoms with Crippen molar-refractivity contribution in [3.8, 4) is 0 Å². The fourth-order valence-electron chi connectivity index (χ4n) is 3.86. The normalized spacial score (nSPS) is 22.4. The first-order valence-electron chi connectivity index (χ1n) is 8.49. The molecule has 0 radical (unpaired) electrons. The first kappa shape index (κ1) is 15.8. The summed E-state index contributed by atoms with van der Waals surface area (Å²) in [4.78, 5) is 16.9. The van der Waals surface area contributed by atoms with Gasteiger partial charge in [0.2, 0.25) is 5.91 Å². The third kappa shape index (κ3) is 3.95. The van der Waals surface area contributed by atoms with Crippen molar-refractivity contribution in [1.82, 2.24) is 9.80 Å². The molecule has 1 unspecified atom stereocenters. The highest BCUT2D eigenvalue weighted by Crippen LogP contribution is 2.25. The van der Waals surface area contributed by atoms with Gasteiger partial charge in [-0.2, -0.15) is 0 Å². The Balaban J connectivity index is 1.91. The summed E-state index contributed by atoms with van der Waals surface area (Å²) < 4.78 is 0. The number of hydrogen-bond acceptors (Lipinski definition) is 3. The fourth-order valence-corrected chi connectivity index (χ4v) is 3.86. The number of hydrogen-bond donors (Lipinski definition) is 1. The molecule has 2 N–H and O–H groups in total. The molecule has 0 aromatic rings. The molecule has 1 heterocycles. The van der Waals surface area contributed by atoms with E-state index in [-0.39, 0.29) is 6.04 Å². The molecule has 4 nitrogen and oxygen atoms in total. The Morgan fingerprint density at radius 3 is 2.40 bits per heavy atom. The predicted octanol–water partition coefficient (Wildman–Crippen LogP) is 1.98. The molecule has 0 spiro atoms. The molecular formula is C16H31N3O. The SMILES string of the molecule is CCN(C1CCCCC1)C(CN)CC(=O)N1CCCC1. The number of rotatable bonds is 6. The molecule has 4 heteroatoms. The second kappa shape index (κ2) is 7.99. The highest BCUT2D eigenvalue weighted by atomic mass is 16.2. The van der Waals surface area contributed by atoms with Gasteiger partial charge < -0.3 is 10.6 Å². The maximum absolute atomic E-state index is 12.4. The number of nitrogens with two attached hydrogens (primary N) is 1. The van der Waals surface area contributed by atoms with Crippen LogP contribution in [0.4, 0.5) is 0 Å². The Kier molecular flexibility index (Phi) is 6.30. The third-order valence-corrected chi connectivity index (χ3v) is 5.02. The summed E-state index contributed by atoms with van der Waals surface area (Å²) in [5.41, 5.74) is 5.99. The van der Waals surface area contributed by atoms with Crippen molar-refractivity contribution in [2.45, 2.75) is 70.4 Å². The van der Waals surface area contributed by atoms with E-state index in [9.17, 15) is 4.79 Å². The van der Waals surface area contributed by atoms with Crippen LogP contribution in [0.3, 0.4) is 0 Å². The summed E-state index contributed by atoms with van der Waals surface area (Å²) >= 11 is 0. The summed E-state index contributed by atoms with van der Waals surface area (Å²) in [6.45, 7) is 5.72. The monoisotopic (exact) mass is 281 g/mol. The maximum Gasteiger partial charge on any atom is 0.224 e. The smallest absolute Gasteiger partial charge is 0.224 e. The van der Waals surface area contributed by atoms with Gasteiger partial charge in [-0.15, -0.1) is 0 Å². The van der Waals surface area contributed by atoms with Crippen molar-refractivity contribution in [1.29, 1.82) is 0 Å². The van der Waals surface area contributed by atoms with Crippen molar-refractivity contribution in [3.05, 3.63) is 0 Å². The van der Waals surface area contributed by atoms with Crippen molar-refractivity contribution in [2.75, 3.05) is 26.2 Å². The van der Waals surface area contributed by atoms with Crippen molar-refractivity contribution < 1.29 is 4.79 Å². The molecule has 1 saturated carbocycles. The molecule has 1 atom stereocenters. The van der Waals surface area contributed by atoms with Crippen LogP contribution in [-0.2, 0) is 4.79 Å². The van der Waals surface area contributed by atoms with Gasteiger partial charge in [0.05, 0.1) is 0 Å². The average Bonchev–Trinajstić information content (AvgIpc) is 3.02. The molecular weight excluding hydrogens is 250 g/mol. The standard InChI is InChI=1S/C16H31N3O/c1-2-19(14-8-4-3-5-9-14)15(13-17)12-16(20)18-10-6-7-11-18/h14-15H,2-13,17H2,1H3. The van der Waals surface area contributed by atoms with Crippen LogP contribution < -0.4 is 5.73 Å². The highest BCUT2D eigenvalue weighted by Gasteiger charge is 2.29. The molecule has 1 saturated heterocycles. The average molecular weight is 281 g/mol. The summed E-state index contributed by atoms with van der Waals surface area (Å²) in [5, 5.41) is 0. The van der Waals surface area contributed by atoms with Gasteiger partial charge in [0, 0.05) is 38.1 Å². The summed E-state index contributed by atoms with van der Waals surface area (Å²) in [7, 11) is 0. The molecule has 2 rings (SSSR count). The van der Waals surface area contributed by atoms with E-state index in [4.69, 9.17) is 5.73 Å². The Hall–Kier alpha value is -0.610. The van der Waals surface area contributed by atoms with Gasteiger partial charge in [-0.3, -0.25) is 9.69 Å². The van der Waals surface area contributed by atoms with Crippen LogP contribution in [-0.4, -0.2) is 54.0 Å². The van der Waals surface area contributed by atoms with E-state index in [1.165, 1.54) is 44.9 Å². The lowest BCUT2D eigenvalue weighted by molar-refractivity contribution is -0.131. The van der Waals surface area contributed by atoms with Gasteiger partial charge in [-0.25, -0.2) is 0 Å². The minimum absolute atomic E-state index is 0.233. The first-order valence-corrected chi connectivity index (χ1v) is 8.49. The van der Waals surface area contributed by atoms with Gasteiger partial charge in [0.15, 0.2) is 0 Å². The van der Waals surface area contributed by atoms with Gasteiger partial charge in [-0.05, 0) is 32.2 Å². The minimum atomic E-state index is 0.233. The number of likely N-dealkylation sites (tertiary alicyclic amines) is 1. The molecule has 1 aliphatic heterocycles. The zero-order valence-electron chi connectivity index (χ0n) is 13.0. The lowest BCUT2D eigenvalue weighted by atomic mass is 9.92. The second-order valence-electron chi connectivity index (χ2n) is 6.30. The summed E-state index contributed by atoms with van der Waals surface area (Å²) in [5.74, 6) is 0.312. The van der Waals surface area contributed by atoms with E-state index < -0.39 is 0 Å². The number of likely N-dealkylation sites (N-methyl/N-ethyl adjacent to an activating group) is 1. The molecule has 20 heavy (non-hydrogen) atoms. The van der Waals surface area contributed by atoms with Crippen LogP contribution in [0, 0.1) is 0 Å². The zero-order chi connectivity index (χ0) is 14.4. The van der Waals surface area contributed by atoms with Crippen molar-refractivity contribution in [2.24, 2.45) is 5.73 Å². The van der Waals surface area contributed by atoms with Gasteiger partial charge >= 0.3 is 0 Å². The van der Waals surface area contributed by atoms with Crippen LogP contribution in [0.1, 0.15) is 58.3 Å². The van der Waals surface area contributed by atoms with Crippen LogP contribution in [0.5, 0.6) is 0 Å². The van der Waals surface area contributed by atoms with Crippen molar-refractivity contribution >= 4 is 5.91 Å². The van der Waals surface area contributed by atoms with Gasteiger partial charge in [0.25, 0.3) is 0 Å². The lowest BCUT2D eigenvalue weighted by Gasteiger charge is -2.39. The molecule has 0 bridgehead atoms. The Bertz CT molecular complexity index is 296. The van der Waals surface area contributed by atoms with E-state index in [1.54, 1.807) is 0 Å². The van der Waals surface area contributed by atoms with Crippen molar-refractivity contribution in [3.63, 3.8) is 0 Å². The number of nitrogens with zero attached hydrogens (tertiary/aromatic N) is 2. The molecule has 116 valence electrons. The lowest BCUT2D eigenvalue weighted by Crippen LogP contribution is -2.49. The Morgan fingerprint density at radius 2 is 1.85 bits per heavy atom. The summed E-state index contributed by atoms with van der Waals surface area (Å²) in [6.07, 6.45) is 9.54. The molecule has 2 fully saturated rings. The topological polar surface area (TPSA) is 49.6 Å². The molecule has 2 aliphatic rings. The first-order chi connectivity index (χ1) is 9.76. The predicted molar refractivity (Wildman–Crippen MR) is 82.5 cm³/mol. The van der Waals surface area contributed by atoms with Crippen LogP contribution in [0.25, 0.3) is 0 Å². The fraction of sp³-hybridized carbons (Fsp3) is 0.938. The molecule has 1 aliphatic carbocycles. The van der Waals surface area contributed by atoms with E-state index in [0.717, 1.165) is 19.6 Å². The second-order valence-corrected chi connectivity index (χ2v) is 6.30. The third-order valence-electron chi connectivity index (χ3n) is 5.02. The summed E-state index contributed by atoms with van der Waals surface area (Å²) in [6, 6.07) is 0.880. The minimum Gasteiger partial charge on any atom is -0.343 e.